The molecule has 0 saturated heterocycles. The standard InChI is InChI=1S/3ClH.34Na.34H/h3*1H;;;;;;;;;;;;;;;;;;;;;;;;;;;;;;;;;;;;;;;;;;;;;;;;;;;;;;;;;;;;;;;;;;;;. The van der Waals surface area contributed by atoms with E-state index < -0.39 is 0 Å². The molecule has 0 spiro atoms. The van der Waals surface area contributed by atoms with Gasteiger partial charge in [0.25, 0.3) is 0 Å². The Morgan fingerprint density at radius 2 is 0.0541 bits per heavy atom. The van der Waals surface area contributed by atoms with E-state index in [4.69, 9.17) is 0 Å². The van der Waals surface area contributed by atoms with Crippen molar-refractivity contribution in [3.05, 3.63) is 0 Å². The Balaban J connectivity index is 0. The van der Waals surface area contributed by atoms with Crippen LogP contribution in [-0.2, 0) is 0 Å². The monoisotopic (exact) mass is 924 g/mol. The second-order valence-corrected chi connectivity index (χ2v) is 0. The molecule has 0 aromatic carbocycles. The van der Waals surface area contributed by atoms with Gasteiger partial charge in [0.2, 0.25) is 0 Å². The van der Waals surface area contributed by atoms with Gasteiger partial charge in [0, 0.05) is 0 Å². The van der Waals surface area contributed by atoms with Crippen LogP contribution in [0.15, 0.2) is 0 Å². The van der Waals surface area contributed by atoms with Crippen molar-refractivity contribution in [3.63, 3.8) is 0 Å². The van der Waals surface area contributed by atoms with Crippen LogP contribution in [0, 0.1) is 0 Å². The van der Waals surface area contributed by atoms with E-state index >= 15 is 0 Å². The van der Waals surface area contributed by atoms with Gasteiger partial charge in [-0.15, -0.1) is 37.2 Å². The Morgan fingerprint density at radius 3 is 0.0541 bits per heavy atom. The van der Waals surface area contributed by atoms with Crippen LogP contribution >= 0.6 is 37.2 Å². The van der Waals surface area contributed by atoms with Gasteiger partial charge >= 0.3 is 1000 Å². The van der Waals surface area contributed by atoms with Crippen LogP contribution in [0.1, 0.15) is 0 Å². The van der Waals surface area contributed by atoms with Crippen molar-refractivity contribution >= 4 is 1040 Å². The second kappa shape index (κ2) is 285. The third-order valence-corrected chi connectivity index (χ3v) is 0. The van der Waals surface area contributed by atoms with E-state index in [1.54, 1.807) is 0 Å². The number of rotatable bonds is 0. The van der Waals surface area contributed by atoms with Gasteiger partial charge < -0.3 is 0 Å². The first-order chi connectivity index (χ1) is 0. The third kappa shape index (κ3) is 276. The summed E-state index contributed by atoms with van der Waals surface area (Å²) in [6.45, 7) is 0. The van der Waals surface area contributed by atoms with Crippen LogP contribution in [-0.4, -0.2) is 1000 Å². The topological polar surface area (TPSA) is 0 Å². The van der Waals surface area contributed by atoms with Crippen molar-refractivity contribution in [3.8, 4) is 0 Å². The summed E-state index contributed by atoms with van der Waals surface area (Å²) in [4.78, 5) is 0. The van der Waals surface area contributed by atoms with Crippen molar-refractivity contribution in [2.24, 2.45) is 0 Å². The molecule has 0 atom stereocenters. The van der Waals surface area contributed by atoms with Crippen molar-refractivity contribution in [2.45, 2.75) is 0 Å². The molecule has 0 rings (SSSR count). The molecular formula is H37Cl3Na34. The molecule has 0 saturated carbocycles. The molecule has 0 nitrogen and oxygen atoms in total. The molecule has 0 heterocycles. The Kier molecular flexibility index (Phi) is 2280. The second-order valence-electron chi connectivity index (χ2n) is 0. The summed E-state index contributed by atoms with van der Waals surface area (Å²) in [6, 6.07) is 0. The SMILES string of the molecule is Cl.Cl.Cl.[NaH].[NaH].[NaH].[NaH].[NaH].[NaH].[NaH].[NaH].[NaH].[NaH].[NaH].[NaH].[NaH].[NaH].[NaH].[NaH].[NaH].[NaH].[NaH].[NaH].[NaH].[NaH].[NaH].[NaH].[NaH].[NaH].[NaH].[NaH].[NaH].[NaH].[NaH].[NaH].[NaH].[NaH]. The van der Waals surface area contributed by atoms with Gasteiger partial charge in [0.1, 0.15) is 0 Å². The normalized spacial score (nSPS) is 0. The Morgan fingerprint density at radius 1 is 0.0541 bits per heavy atom. The third-order valence-electron chi connectivity index (χ3n) is 0. The van der Waals surface area contributed by atoms with Crippen molar-refractivity contribution in [2.75, 3.05) is 0 Å². The summed E-state index contributed by atoms with van der Waals surface area (Å²) in [5.41, 5.74) is 0. The zero-order valence-electron chi connectivity index (χ0n) is 1.22. The zero-order chi connectivity index (χ0) is 0. The van der Waals surface area contributed by atoms with Gasteiger partial charge in [-0.05, 0) is 0 Å². The minimum atomic E-state index is 0. The average molecular weight is 925 g/mol. The summed E-state index contributed by atoms with van der Waals surface area (Å²) in [5, 5.41) is 0. The first-order valence-electron chi connectivity index (χ1n) is 0. The summed E-state index contributed by atoms with van der Waals surface area (Å²) in [7, 11) is 0. The van der Waals surface area contributed by atoms with E-state index in [0.29, 0.717) is 0 Å². The Bertz CT molecular complexity index is 15.0. The van der Waals surface area contributed by atoms with E-state index in [2.05, 4.69) is 0 Å². The van der Waals surface area contributed by atoms with Crippen molar-refractivity contribution in [1.82, 2.24) is 0 Å². The molecule has 37 heavy (non-hydrogen) atoms. The van der Waals surface area contributed by atoms with E-state index in [0.717, 1.165) is 0 Å². The predicted octanol–water partition coefficient (Wildman–Crippen LogP) is -20.8. The van der Waals surface area contributed by atoms with Crippen LogP contribution in [0.2, 0.25) is 0 Å². The van der Waals surface area contributed by atoms with Crippen LogP contribution in [0.5, 0.6) is 0 Å². The fourth-order valence-corrected chi connectivity index (χ4v) is 0. The van der Waals surface area contributed by atoms with Crippen LogP contribution in [0.4, 0.5) is 0 Å². The minimum absolute atomic E-state index is 0. The zero-order valence-corrected chi connectivity index (χ0v) is 3.67. The molecule has 92 valence electrons. The summed E-state index contributed by atoms with van der Waals surface area (Å²) in [5.74, 6) is 0. The van der Waals surface area contributed by atoms with E-state index in [1.807, 2.05) is 0 Å². The molecule has 0 aliphatic carbocycles. The van der Waals surface area contributed by atoms with Crippen molar-refractivity contribution in [1.29, 1.82) is 0 Å². The predicted molar refractivity (Wildman–Crippen MR) is 265 cm³/mol. The van der Waals surface area contributed by atoms with Gasteiger partial charge in [-0.1, -0.05) is 0 Å². The molecule has 0 aliphatic heterocycles. The van der Waals surface area contributed by atoms with Crippen LogP contribution < -0.4 is 0 Å². The molecule has 0 radical (unpaired) electrons. The molecule has 0 fully saturated rings. The summed E-state index contributed by atoms with van der Waals surface area (Å²) in [6.07, 6.45) is 0. The molecule has 0 aromatic rings. The molecule has 0 amide bonds. The number of hydrogen-bond donors (Lipinski definition) is 0. The summed E-state index contributed by atoms with van der Waals surface area (Å²) >= 11 is 0. The van der Waals surface area contributed by atoms with Gasteiger partial charge in [-0.25, -0.2) is 0 Å². The Hall–Kier alpha value is 34.9. The van der Waals surface area contributed by atoms with Gasteiger partial charge in [-0.2, -0.15) is 0 Å². The fraction of sp³-hybridized carbons (Fsp3) is 0. The number of halogens is 3. The van der Waals surface area contributed by atoms with Crippen molar-refractivity contribution < 1.29 is 0 Å². The number of hydrogen-bond acceptors (Lipinski definition) is 0. The maximum absolute atomic E-state index is 0. The van der Waals surface area contributed by atoms with Crippen LogP contribution in [0.3, 0.4) is 0 Å². The Labute approximate surface area is 1000 Å². The van der Waals surface area contributed by atoms with Gasteiger partial charge in [0.15, 0.2) is 0 Å². The molecule has 0 unspecified atom stereocenters. The molecule has 0 N–H and O–H groups in total. The summed E-state index contributed by atoms with van der Waals surface area (Å²) < 4.78 is 0. The van der Waals surface area contributed by atoms with Gasteiger partial charge in [0.05, 0.1) is 0 Å². The quantitative estimate of drug-likeness (QED) is 0.212. The molecule has 37 heteroatoms. The molecular weight excluding hydrogens is 888 g/mol. The van der Waals surface area contributed by atoms with E-state index in [9.17, 15) is 0 Å². The van der Waals surface area contributed by atoms with Crippen LogP contribution in [0.25, 0.3) is 0 Å². The fourth-order valence-electron chi connectivity index (χ4n) is 0. The van der Waals surface area contributed by atoms with E-state index in [-0.39, 0.29) is 1040 Å². The van der Waals surface area contributed by atoms with Gasteiger partial charge in [-0.3, -0.25) is 0 Å². The molecule has 0 bridgehead atoms. The molecule has 0 aliphatic rings. The maximum atomic E-state index is 0. The first-order valence-corrected chi connectivity index (χ1v) is 0. The molecule has 0 aromatic heterocycles. The average Bonchev–Trinajstić information content (AvgIpc) is 0. The van der Waals surface area contributed by atoms with E-state index in [1.165, 1.54) is 0 Å². The first kappa shape index (κ1) is 297.